The normalized spacial score (nSPS) is 16.9. The van der Waals surface area contributed by atoms with Crippen LogP contribution in [0.25, 0.3) is 22.0 Å². The van der Waals surface area contributed by atoms with Crippen LogP contribution < -0.4 is 5.69 Å². The van der Waals surface area contributed by atoms with Gasteiger partial charge < -0.3 is 4.90 Å². The lowest BCUT2D eigenvalue weighted by atomic mass is 9.96. The number of alkyl halides is 3. The number of halogens is 5. The second-order valence-corrected chi connectivity index (χ2v) is 8.30. The van der Waals surface area contributed by atoms with E-state index in [-0.39, 0.29) is 33.9 Å². The van der Waals surface area contributed by atoms with Crippen molar-refractivity contribution < 1.29 is 22.0 Å². The van der Waals surface area contributed by atoms with Crippen molar-refractivity contribution in [3.8, 4) is 11.1 Å². The highest BCUT2D eigenvalue weighted by Gasteiger charge is 2.38. The van der Waals surface area contributed by atoms with E-state index in [2.05, 4.69) is 4.98 Å². The summed E-state index contributed by atoms with van der Waals surface area (Å²) in [5.74, 6) is -1.62. The maximum absolute atomic E-state index is 14.6. The number of aromatic nitrogens is 2. The lowest BCUT2D eigenvalue weighted by molar-refractivity contribution is -0.137. The van der Waals surface area contributed by atoms with Gasteiger partial charge >= 0.3 is 11.9 Å². The number of likely N-dealkylation sites (N-methyl/N-ethyl adjacent to an activating group) is 1. The summed E-state index contributed by atoms with van der Waals surface area (Å²) in [6, 6.07) is 3.18. The van der Waals surface area contributed by atoms with Gasteiger partial charge in [-0.25, -0.2) is 18.6 Å². The van der Waals surface area contributed by atoms with Crippen LogP contribution in [0.5, 0.6) is 0 Å². The zero-order valence-electron chi connectivity index (χ0n) is 15.9. The molecule has 0 saturated carbocycles. The number of thioether (sulfide) groups is 1. The van der Waals surface area contributed by atoms with E-state index in [1.807, 2.05) is 19.0 Å². The molecular formula is C20H16F5N3OS. The molecule has 0 amide bonds. The number of nitrogens with zero attached hydrogens (tertiary/aromatic N) is 3. The Morgan fingerprint density at radius 1 is 1.20 bits per heavy atom. The summed E-state index contributed by atoms with van der Waals surface area (Å²) in [6.07, 6.45) is -3.69. The molecule has 4 nitrogen and oxygen atoms in total. The molecule has 0 spiro atoms. The van der Waals surface area contributed by atoms with Gasteiger partial charge in [-0.1, -0.05) is 0 Å². The first kappa shape index (κ1) is 20.8. The Balaban J connectivity index is 2.15. The third-order valence-corrected chi connectivity index (χ3v) is 6.39. The molecule has 4 rings (SSSR count). The van der Waals surface area contributed by atoms with Gasteiger partial charge in [-0.2, -0.15) is 13.2 Å². The fraction of sp³-hybridized carbons (Fsp3) is 0.300. The van der Waals surface area contributed by atoms with Gasteiger partial charge in [0, 0.05) is 52.0 Å². The van der Waals surface area contributed by atoms with Crippen LogP contribution in [0.3, 0.4) is 0 Å². The Labute approximate surface area is 172 Å². The van der Waals surface area contributed by atoms with Crippen LogP contribution in [-0.4, -0.2) is 40.3 Å². The van der Waals surface area contributed by atoms with Gasteiger partial charge in [0.05, 0.1) is 11.1 Å². The third kappa shape index (κ3) is 3.47. The Kier molecular flexibility index (Phi) is 5.09. The fourth-order valence-corrected chi connectivity index (χ4v) is 5.07. The van der Waals surface area contributed by atoms with E-state index in [0.29, 0.717) is 11.8 Å². The highest BCUT2D eigenvalue weighted by atomic mass is 32.2. The Morgan fingerprint density at radius 3 is 2.57 bits per heavy atom. The van der Waals surface area contributed by atoms with E-state index in [1.165, 1.54) is 4.57 Å². The monoisotopic (exact) mass is 441 g/mol. The van der Waals surface area contributed by atoms with Gasteiger partial charge in [0.1, 0.15) is 11.6 Å². The summed E-state index contributed by atoms with van der Waals surface area (Å²) in [5.41, 5.74) is -2.14. The molecule has 1 atom stereocenters. The molecule has 2 heterocycles. The lowest BCUT2D eigenvalue weighted by Gasteiger charge is -2.22. The van der Waals surface area contributed by atoms with E-state index >= 15 is 0 Å². The van der Waals surface area contributed by atoms with Crippen LogP contribution in [-0.2, 0) is 12.7 Å². The highest BCUT2D eigenvalue weighted by molar-refractivity contribution is 7.99. The molecule has 30 heavy (non-hydrogen) atoms. The molecule has 0 aliphatic carbocycles. The van der Waals surface area contributed by atoms with Crippen molar-refractivity contribution in [2.24, 2.45) is 0 Å². The van der Waals surface area contributed by atoms with Gasteiger partial charge in [0.15, 0.2) is 0 Å². The van der Waals surface area contributed by atoms with Crippen molar-refractivity contribution in [3.05, 3.63) is 58.1 Å². The topological polar surface area (TPSA) is 38.1 Å². The molecule has 10 heteroatoms. The maximum atomic E-state index is 14.6. The summed E-state index contributed by atoms with van der Waals surface area (Å²) in [6.45, 7) is 0.229. The molecule has 1 aliphatic heterocycles. The van der Waals surface area contributed by atoms with E-state index < -0.39 is 34.6 Å². The Hall–Kier alpha value is -2.46. The molecule has 0 bridgehead atoms. The van der Waals surface area contributed by atoms with E-state index in [4.69, 9.17) is 0 Å². The first-order chi connectivity index (χ1) is 14.1. The molecule has 0 fully saturated rings. The van der Waals surface area contributed by atoms with Crippen molar-refractivity contribution in [2.45, 2.75) is 23.7 Å². The zero-order chi connectivity index (χ0) is 21.8. The van der Waals surface area contributed by atoms with Crippen molar-refractivity contribution in [1.29, 1.82) is 0 Å². The molecule has 1 unspecified atom stereocenters. The third-order valence-electron chi connectivity index (χ3n) is 5.15. The summed E-state index contributed by atoms with van der Waals surface area (Å²) >= 11 is 1.12. The standard InChI is InChI=1S/C20H16F5N3OS/c1-27(2)12-8-28-17-10(7-26-19(28)29)5-14(20(23,24)25)16(18(17)30-9-12)13-4-3-11(21)6-15(13)22/h3-7,12H,8-9H2,1-2H3. The largest absolute Gasteiger partial charge is 0.417 e. The molecule has 0 radical (unpaired) electrons. The zero-order valence-corrected chi connectivity index (χ0v) is 16.7. The quantitative estimate of drug-likeness (QED) is 0.553. The molecule has 158 valence electrons. The SMILES string of the molecule is CN(C)C1CSc2c(-c3ccc(F)cc3F)c(C(F)(F)F)cc3cnc(=O)n(c23)C1. The number of hydrogen-bond acceptors (Lipinski definition) is 4. The summed E-state index contributed by atoms with van der Waals surface area (Å²) < 4.78 is 71.4. The fourth-order valence-electron chi connectivity index (χ4n) is 3.58. The van der Waals surface area contributed by atoms with Crippen LogP contribution in [0, 0.1) is 11.6 Å². The van der Waals surface area contributed by atoms with Gasteiger partial charge in [-0.05, 0) is 32.3 Å². The van der Waals surface area contributed by atoms with E-state index in [0.717, 1.165) is 36.2 Å². The van der Waals surface area contributed by atoms with Crippen molar-refractivity contribution >= 4 is 22.7 Å². The molecule has 0 N–H and O–H groups in total. The summed E-state index contributed by atoms with van der Waals surface area (Å²) in [7, 11) is 3.61. The minimum absolute atomic E-state index is 0.134. The van der Waals surface area contributed by atoms with Crippen molar-refractivity contribution in [2.75, 3.05) is 19.8 Å². The molecule has 0 saturated heterocycles. The summed E-state index contributed by atoms with van der Waals surface area (Å²) in [4.78, 5) is 18.2. The number of benzene rings is 2. The van der Waals surface area contributed by atoms with Crippen LogP contribution in [0.4, 0.5) is 22.0 Å². The lowest BCUT2D eigenvalue weighted by Crippen LogP contribution is -2.37. The van der Waals surface area contributed by atoms with Gasteiger partial charge in [0.2, 0.25) is 0 Å². The van der Waals surface area contributed by atoms with E-state index in [9.17, 15) is 26.7 Å². The Bertz CT molecular complexity index is 1210. The molecule has 2 aromatic carbocycles. The Morgan fingerprint density at radius 2 is 1.93 bits per heavy atom. The maximum Gasteiger partial charge on any atom is 0.417 e. The second kappa shape index (κ2) is 7.35. The first-order valence-corrected chi connectivity index (χ1v) is 9.95. The number of hydrogen-bond donors (Lipinski definition) is 0. The van der Waals surface area contributed by atoms with Crippen molar-refractivity contribution in [1.82, 2.24) is 14.5 Å². The minimum atomic E-state index is -4.80. The van der Waals surface area contributed by atoms with Gasteiger partial charge in [-0.3, -0.25) is 4.57 Å². The average Bonchev–Trinajstić information content (AvgIpc) is 2.86. The van der Waals surface area contributed by atoms with Crippen LogP contribution in [0.1, 0.15) is 5.56 Å². The highest BCUT2D eigenvalue weighted by Crippen LogP contribution is 2.47. The predicted octanol–water partition coefficient (Wildman–Crippen LogP) is 4.40. The van der Waals surface area contributed by atoms with Gasteiger partial charge in [0.25, 0.3) is 0 Å². The van der Waals surface area contributed by atoms with Crippen LogP contribution in [0.15, 0.2) is 40.2 Å². The predicted molar refractivity (Wildman–Crippen MR) is 105 cm³/mol. The molecule has 1 aromatic heterocycles. The van der Waals surface area contributed by atoms with E-state index in [1.54, 1.807) is 0 Å². The minimum Gasteiger partial charge on any atom is -0.304 e. The smallest absolute Gasteiger partial charge is 0.304 e. The second-order valence-electron chi connectivity index (χ2n) is 7.27. The average molecular weight is 441 g/mol. The van der Waals surface area contributed by atoms with Crippen LogP contribution >= 0.6 is 11.8 Å². The first-order valence-electron chi connectivity index (χ1n) is 8.96. The number of rotatable bonds is 2. The molecular weight excluding hydrogens is 425 g/mol. The molecule has 3 aromatic rings. The molecule has 1 aliphatic rings. The van der Waals surface area contributed by atoms with Crippen LogP contribution in [0.2, 0.25) is 0 Å². The van der Waals surface area contributed by atoms with Crippen molar-refractivity contribution in [3.63, 3.8) is 0 Å². The van der Waals surface area contributed by atoms with Gasteiger partial charge in [-0.15, -0.1) is 11.8 Å². The summed E-state index contributed by atoms with van der Waals surface area (Å²) in [5, 5.41) is 0.134.